The zero-order valence-corrected chi connectivity index (χ0v) is 26.1. The summed E-state index contributed by atoms with van der Waals surface area (Å²) in [6.07, 6.45) is 6.44. The Hall–Kier alpha value is -6.62. The molecule has 4 nitrogen and oxygen atoms in total. The molecule has 4 heteroatoms. The van der Waals surface area contributed by atoms with Gasteiger partial charge < -0.3 is 9.13 Å². The predicted molar refractivity (Wildman–Crippen MR) is 195 cm³/mol. The van der Waals surface area contributed by atoms with Gasteiger partial charge in [-0.2, -0.15) is 10.5 Å². The summed E-state index contributed by atoms with van der Waals surface area (Å²) in [7, 11) is 0. The van der Waals surface area contributed by atoms with Crippen molar-refractivity contribution in [2.75, 3.05) is 0 Å². The van der Waals surface area contributed by atoms with Crippen molar-refractivity contribution in [1.82, 2.24) is 9.13 Å². The molecule has 0 saturated carbocycles. The van der Waals surface area contributed by atoms with E-state index in [2.05, 4.69) is 130 Å². The smallest absolute Gasteiger partial charge is 0.101 e. The maximum Gasteiger partial charge on any atom is 0.101 e. The third-order valence-corrected chi connectivity index (χ3v) is 9.70. The molecule has 0 atom stereocenters. The fraction of sp³-hybridized carbons (Fsp3) is 0.0455. The molecule has 0 fully saturated rings. The zero-order chi connectivity index (χ0) is 32.2. The SMILES string of the molecule is N#Cc1ccc(-c2cccc(C#N)c2-c2ccccc2-n2c3c(c4ccccc42)C=CCC3)cc1-n1c2ccccc2c2ccccc21. The number of benzene rings is 6. The molecule has 2 heterocycles. The molecule has 0 spiro atoms. The fourth-order valence-corrected chi connectivity index (χ4v) is 7.66. The summed E-state index contributed by atoms with van der Waals surface area (Å²) in [6, 6.07) is 50.6. The Morgan fingerprint density at radius 2 is 1.15 bits per heavy atom. The standard InChI is InChI=1S/C44H28N4/c45-27-30-25-24-29(26-43(30)48-40-21-8-3-15-35(40)36-16-4-9-22-41(36)48)32-18-11-12-31(28-46)44(32)37-17-5-10-23-42(37)47-38-19-6-1-13-33(38)34-14-2-7-20-39(34)47/h1-6,8-19,21-26H,7,20H2. The van der Waals surface area contributed by atoms with Gasteiger partial charge in [-0.05, 0) is 66.4 Å². The van der Waals surface area contributed by atoms with Gasteiger partial charge in [0.25, 0.3) is 0 Å². The minimum absolute atomic E-state index is 0.585. The molecule has 2 aromatic heterocycles. The molecule has 0 saturated heterocycles. The second-order valence-electron chi connectivity index (χ2n) is 12.2. The van der Waals surface area contributed by atoms with Gasteiger partial charge in [-0.3, -0.25) is 0 Å². The van der Waals surface area contributed by atoms with Crippen molar-refractivity contribution in [2.24, 2.45) is 0 Å². The van der Waals surface area contributed by atoms with E-state index in [0.29, 0.717) is 11.1 Å². The molecule has 1 aliphatic carbocycles. The lowest BCUT2D eigenvalue weighted by Gasteiger charge is -2.20. The highest BCUT2D eigenvalue weighted by atomic mass is 15.0. The van der Waals surface area contributed by atoms with Gasteiger partial charge in [-0.1, -0.05) is 103 Å². The van der Waals surface area contributed by atoms with Gasteiger partial charge in [0.2, 0.25) is 0 Å². The highest BCUT2D eigenvalue weighted by molar-refractivity contribution is 6.09. The van der Waals surface area contributed by atoms with Crippen molar-refractivity contribution in [3.8, 4) is 45.8 Å². The Bertz CT molecular complexity index is 2650. The first kappa shape index (κ1) is 27.7. The van der Waals surface area contributed by atoms with Crippen LogP contribution in [0.3, 0.4) is 0 Å². The summed E-state index contributed by atoms with van der Waals surface area (Å²) in [6.45, 7) is 0. The van der Waals surface area contributed by atoms with Crippen LogP contribution in [-0.2, 0) is 6.42 Å². The lowest BCUT2D eigenvalue weighted by molar-refractivity contribution is 0.889. The largest absolute Gasteiger partial charge is 0.312 e. The number of rotatable bonds is 4. The van der Waals surface area contributed by atoms with E-state index in [4.69, 9.17) is 0 Å². The molecule has 6 aromatic carbocycles. The van der Waals surface area contributed by atoms with Gasteiger partial charge in [0.05, 0.1) is 45.1 Å². The molecule has 9 rings (SSSR count). The Morgan fingerprint density at radius 1 is 0.521 bits per heavy atom. The topological polar surface area (TPSA) is 57.4 Å². The van der Waals surface area contributed by atoms with Crippen LogP contribution in [0.2, 0.25) is 0 Å². The van der Waals surface area contributed by atoms with Crippen LogP contribution in [0.1, 0.15) is 28.8 Å². The van der Waals surface area contributed by atoms with Gasteiger partial charge in [-0.25, -0.2) is 0 Å². The average Bonchev–Trinajstić information content (AvgIpc) is 3.67. The van der Waals surface area contributed by atoms with Gasteiger partial charge in [0, 0.05) is 38.5 Å². The normalized spacial score (nSPS) is 12.3. The zero-order valence-electron chi connectivity index (χ0n) is 26.1. The van der Waals surface area contributed by atoms with Crippen LogP contribution >= 0.6 is 0 Å². The number of hydrogen-bond donors (Lipinski definition) is 0. The van der Waals surface area contributed by atoms with Crippen LogP contribution in [0.5, 0.6) is 0 Å². The number of hydrogen-bond acceptors (Lipinski definition) is 2. The van der Waals surface area contributed by atoms with Gasteiger partial charge >= 0.3 is 0 Å². The summed E-state index contributed by atoms with van der Waals surface area (Å²) in [4.78, 5) is 0. The first-order valence-corrected chi connectivity index (χ1v) is 16.2. The van der Waals surface area contributed by atoms with E-state index in [1.165, 1.54) is 16.6 Å². The van der Waals surface area contributed by atoms with Crippen molar-refractivity contribution in [3.63, 3.8) is 0 Å². The van der Waals surface area contributed by atoms with E-state index in [-0.39, 0.29) is 0 Å². The van der Waals surface area contributed by atoms with Crippen LogP contribution in [0, 0.1) is 22.7 Å². The van der Waals surface area contributed by atoms with Crippen molar-refractivity contribution < 1.29 is 0 Å². The minimum atomic E-state index is 0.585. The third kappa shape index (κ3) is 4.07. The second-order valence-corrected chi connectivity index (χ2v) is 12.2. The average molecular weight is 613 g/mol. The van der Waals surface area contributed by atoms with E-state index in [1.54, 1.807) is 0 Å². The molecule has 8 aromatic rings. The monoisotopic (exact) mass is 612 g/mol. The molecule has 0 bridgehead atoms. The fourth-order valence-electron chi connectivity index (χ4n) is 7.66. The summed E-state index contributed by atoms with van der Waals surface area (Å²) < 4.78 is 4.59. The number of fused-ring (bicyclic) bond motifs is 6. The lowest BCUT2D eigenvalue weighted by Crippen LogP contribution is -2.05. The maximum atomic E-state index is 10.5. The first-order chi connectivity index (χ1) is 23.8. The number of allylic oxidation sites excluding steroid dienone is 1. The molecule has 48 heavy (non-hydrogen) atoms. The van der Waals surface area contributed by atoms with Gasteiger partial charge in [0.15, 0.2) is 0 Å². The molecule has 224 valence electrons. The van der Waals surface area contributed by atoms with Crippen molar-refractivity contribution in [1.29, 1.82) is 10.5 Å². The van der Waals surface area contributed by atoms with Crippen LogP contribution in [0.4, 0.5) is 0 Å². The molecule has 0 aliphatic heterocycles. The second kappa shape index (κ2) is 11.0. The van der Waals surface area contributed by atoms with E-state index in [9.17, 15) is 10.5 Å². The number of aromatic nitrogens is 2. The highest BCUT2D eigenvalue weighted by Crippen LogP contribution is 2.43. The molecule has 0 radical (unpaired) electrons. The molecular weight excluding hydrogens is 585 g/mol. The molecular formula is C44H28N4. The highest BCUT2D eigenvalue weighted by Gasteiger charge is 2.23. The van der Waals surface area contributed by atoms with Crippen LogP contribution in [-0.4, -0.2) is 9.13 Å². The van der Waals surface area contributed by atoms with Gasteiger partial charge in [-0.15, -0.1) is 0 Å². The number of nitrogens with zero attached hydrogens (tertiary/aromatic N) is 4. The Balaban J connectivity index is 1.32. The summed E-state index contributed by atoms with van der Waals surface area (Å²) in [5.74, 6) is 0. The minimum Gasteiger partial charge on any atom is -0.312 e. The Morgan fingerprint density at radius 3 is 1.88 bits per heavy atom. The first-order valence-electron chi connectivity index (χ1n) is 16.2. The lowest BCUT2D eigenvalue weighted by atomic mass is 9.89. The Labute approximate surface area is 278 Å². The summed E-state index contributed by atoms with van der Waals surface area (Å²) >= 11 is 0. The van der Waals surface area contributed by atoms with Crippen LogP contribution < -0.4 is 0 Å². The van der Waals surface area contributed by atoms with Crippen LogP contribution in [0.15, 0.2) is 140 Å². The van der Waals surface area contributed by atoms with Crippen molar-refractivity contribution in [2.45, 2.75) is 12.8 Å². The van der Waals surface area contributed by atoms with Crippen molar-refractivity contribution >= 4 is 38.8 Å². The molecule has 0 unspecified atom stereocenters. The predicted octanol–water partition coefficient (Wildman–Crippen LogP) is 10.8. The maximum absolute atomic E-state index is 10.5. The quantitative estimate of drug-likeness (QED) is 0.199. The van der Waals surface area contributed by atoms with E-state index in [1.807, 2.05) is 36.4 Å². The number of para-hydroxylation sites is 4. The van der Waals surface area contributed by atoms with Crippen LogP contribution in [0.25, 0.3) is 72.4 Å². The number of nitriles is 2. The van der Waals surface area contributed by atoms with Crippen molar-refractivity contribution in [3.05, 3.63) is 162 Å². The molecule has 0 amide bonds. The summed E-state index contributed by atoms with van der Waals surface area (Å²) in [5, 5.41) is 24.4. The summed E-state index contributed by atoms with van der Waals surface area (Å²) in [5.41, 5.74) is 12.6. The van der Waals surface area contributed by atoms with Gasteiger partial charge in [0.1, 0.15) is 6.07 Å². The van der Waals surface area contributed by atoms with E-state index >= 15 is 0 Å². The molecule has 1 aliphatic rings. The third-order valence-electron chi connectivity index (χ3n) is 9.70. The van der Waals surface area contributed by atoms with E-state index in [0.717, 1.165) is 73.8 Å². The Kier molecular flexibility index (Phi) is 6.35. The van der Waals surface area contributed by atoms with E-state index < -0.39 is 0 Å². The molecule has 0 N–H and O–H groups in total.